The lowest BCUT2D eigenvalue weighted by molar-refractivity contribution is -0.760. The van der Waals surface area contributed by atoms with Crippen LogP contribution in [0.3, 0.4) is 0 Å². The molecule has 2 nitrogen and oxygen atoms in total. The highest BCUT2D eigenvalue weighted by molar-refractivity contribution is 5.61. The van der Waals surface area contributed by atoms with E-state index >= 15 is 0 Å². The van der Waals surface area contributed by atoms with E-state index in [1.165, 1.54) is 11.1 Å². The van der Waals surface area contributed by atoms with Crippen LogP contribution in [0.25, 0.3) is 11.1 Å². The number of benzene rings is 1. The Balaban J connectivity index is 2.13. The molecule has 1 aromatic heterocycles. The monoisotopic (exact) mass is 382 g/mol. The van der Waals surface area contributed by atoms with Gasteiger partial charge in [-0.3, -0.25) is 0 Å². The van der Waals surface area contributed by atoms with Crippen molar-refractivity contribution in [2.24, 2.45) is 5.41 Å². The smallest absolute Gasteiger partial charge is 0.169 e. The topological polar surface area (TPSA) is 13.1 Å². The van der Waals surface area contributed by atoms with Crippen molar-refractivity contribution in [3.05, 3.63) is 54.9 Å². The minimum atomic E-state index is -0.219. The van der Waals surface area contributed by atoms with E-state index in [1.807, 2.05) is 0 Å². The Bertz CT molecular complexity index is 749. The van der Waals surface area contributed by atoms with Crippen LogP contribution in [0.1, 0.15) is 75.2 Å². The van der Waals surface area contributed by atoms with E-state index in [0.29, 0.717) is 0 Å². The fourth-order valence-electron chi connectivity index (χ4n) is 4.88. The van der Waals surface area contributed by atoms with Gasteiger partial charge in [-0.15, -0.1) is 0 Å². The molecule has 0 saturated carbocycles. The van der Waals surface area contributed by atoms with E-state index in [4.69, 9.17) is 4.74 Å². The molecule has 28 heavy (non-hydrogen) atoms. The average molecular weight is 383 g/mol. The van der Waals surface area contributed by atoms with Crippen LogP contribution < -0.4 is 4.57 Å². The number of rotatable bonds is 7. The lowest BCUT2D eigenvalue weighted by Crippen LogP contribution is -2.56. The van der Waals surface area contributed by atoms with Gasteiger partial charge < -0.3 is 4.74 Å². The highest BCUT2D eigenvalue weighted by Crippen LogP contribution is 2.35. The first kappa shape index (κ1) is 22.6. The van der Waals surface area contributed by atoms with Crippen LogP contribution in [0, 0.1) is 5.41 Å². The van der Waals surface area contributed by atoms with Crippen molar-refractivity contribution in [3.8, 4) is 11.1 Å². The summed E-state index contributed by atoms with van der Waals surface area (Å²) in [4.78, 5) is 0. The summed E-state index contributed by atoms with van der Waals surface area (Å²) in [6.07, 6.45) is 6.35. The maximum Gasteiger partial charge on any atom is 0.169 e. The van der Waals surface area contributed by atoms with E-state index in [9.17, 15) is 0 Å². The second kappa shape index (κ2) is 7.99. The van der Waals surface area contributed by atoms with Gasteiger partial charge in [0.25, 0.3) is 0 Å². The van der Waals surface area contributed by atoms with Crippen LogP contribution in [-0.2, 0) is 10.3 Å². The zero-order valence-electron chi connectivity index (χ0n) is 19.5. The number of pyridine rings is 1. The first-order chi connectivity index (χ1) is 12.7. The molecule has 2 heteroatoms. The zero-order chi connectivity index (χ0) is 21.2. The predicted octanol–water partition coefficient (Wildman–Crippen LogP) is 6.78. The fourth-order valence-corrected chi connectivity index (χ4v) is 4.88. The van der Waals surface area contributed by atoms with Crippen LogP contribution in [-0.4, -0.2) is 11.2 Å². The quantitative estimate of drug-likeness (QED) is 0.481. The summed E-state index contributed by atoms with van der Waals surface area (Å²) in [6.45, 7) is 20.3. The Morgan fingerprint density at radius 3 is 1.61 bits per heavy atom. The van der Waals surface area contributed by atoms with Crippen molar-refractivity contribution >= 4 is 0 Å². The Labute approximate surface area is 173 Å². The van der Waals surface area contributed by atoms with Gasteiger partial charge in [-0.25, -0.2) is 4.57 Å². The van der Waals surface area contributed by atoms with Crippen molar-refractivity contribution in [3.63, 3.8) is 0 Å². The molecular formula is C26H40NO+. The minimum Gasteiger partial charge on any atom is -0.369 e. The van der Waals surface area contributed by atoms with Gasteiger partial charge >= 0.3 is 0 Å². The SMILES string of the molecule is CC(C)(C)CC(C)(C)OC(C)(C)CC(C)(C)[n+]1ccc(-c2ccccc2)cc1. The molecular weight excluding hydrogens is 342 g/mol. The molecule has 1 heterocycles. The molecule has 0 bridgehead atoms. The summed E-state index contributed by atoms with van der Waals surface area (Å²) in [5.74, 6) is 0. The molecule has 0 amide bonds. The molecule has 0 N–H and O–H groups in total. The standard InChI is InChI=1S/C26H40NO/c1-23(2,3)19-25(6,7)28-26(8,9)20-24(4,5)27-17-15-22(16-18-27)21-13-11-10-12-14-21/h10-18H,19-20H2,1-9H3/q+1. The van der Waals surface area contributed by atoms with Crippen LogP contribution in [0.4, 0.5) is 0 Å². The Morgan fingerprint density at radius 1 is 0.643 bits per heavy atom. The van der Waals surface area contributed by atoms with Crippen molar-refractivity contribution in [1.29, 1.82) is 0 Å². The summed E-state index contributed by atoms with van der Waals surface area (Å²) in [5.41, 5.74) is 2.32. The summed E-state index contributed by atoms with van der Waals surface area (Å²) in [6, 6.07) is 14.9. The molecule has 0 aliphatic rings. The number of nitrogens with zero attached hydrogens (tertiary/aromatic N) is 1. The van der Waals surface area contributed by atoms with Crippen LogP contribution >= 0.6 is 0 Å². The molecule has 0 radical (unpaired) electrons. The molecule has 0 atom stereocenters. The third-order valence-electron chi connectivity index (χ3n) is 5.00. The molecule has 2 rings (SSSR count). The van der Waals surface area contributed by atoms with E-state index in [2.05, 4.69) is 122 Å². The van der Waals surface area contributed by atoms with Gasteiger partial charge in [0.15, 0.2) is 17.9 Å². The van der Waals surface area contributed by atoms with Gasteiger partial charge in [0.1, 0.15) is 0 Å². The molecule has 0 fully saturated rings. The average Bonchev–Trinajstić information content (AvgIpc) is 2.51. The first-order valence-corrected chi connectivity index (χ1v) is 10.5. The Hall–Kier alpha value is -1.67. The minimum absolute atomic E-state index is 0.0451. The van der Waals surface area contributed by atoms with E-state index < -0.39 is 0 Å². The second-order valence-electron chi connectivity index (χ2n) is 11.2. The summed E-state index contributed by atoms with van der Waals surface area (Å²) < 4.78 is 8.95. The normalized spacial score (nSPS) is 13.6. The zero-order valence-corrected chi connectivity index (χ0v) is 19.5. The largest absolute Gasteiger partial charge is 0.369 e. The van der Waals surface area contributed by atoms with Crippen molar-refractivity contribution in [2.75, 3.05) is 0 Å². The molecule has 154 valence electrons. The lowest BCUT2D eigenvalue weighted by atomic mass is 9.82. The van der Waals surface area contributed by atoms with Crippen LogP contribution in [0.5, 0.6) is 0 Å². The molecule has 0 aliphatic heterocycles. The number of ether oxygens (including phenoxy) is 1. The predicted molar refractivity (Wildman–Crippen MR) is 119 cm³/mol. The molecule has 0 unspecified atom stereocenters. The highest BCUT2D eigenvalue weighted by Gasteiger charge is 2.40. The molecule has 2 aromatic rings. The van der Waals surface area contributed by atoms with Gasteiger partial charge in [0.2, 0.25) is 0 Å². The van der Waals surface area contributed by atoms with Crippen molar-refractivity contribution < 1.29 is 9.30 Å². The van der Waals surface area contributed by atoms with Crippen LogP contribution in [0.2, 0.25) is 0 Å². The van der Waals surface area contributed by atoms with E-state index in [0.717, 1.165) is 12.8 Å². The first-order valence-electron chi connectivity index (χ1n) is 10.5. The second-order valence-corrected chi connectivity index (χ2v) is 11.2. The number of hydrogen-bond donors (Lipinski definition) is 0. The van der Waals surface area contributed by atoms with Gasteiger partial charge in [-0.1, -0.05) is 51.1 Å². The third kappa shape index (κ3) is 6.74. The molecule has 0 spiro atoms. The lowest BCUT2D eigenvalue weighted by Gasteiger charge is -2.41. The summed E-state index contributed by atoms with van der Waals surface area (Å²) in [5, 5.41) is 0. The molecule has 0 saturated heterocycles. The Kier molecular flexibility index (Phi) is 6.45. The highest BCUT2D eigenvalue weighted by atomic mass is 16.5. The fraction of sp³-hybridized carbons (Fsp3) is 0.577. The summed E-state index contributed by atoms with van der Waals surface area (Å²) in [7, 11) is 0. The van der Waals surface area contributed by atoms with Gasteiger partial charge in [-0.05, 0) is 50.7 Å². The van der Waals surface area contributed by atoms with Gasteiger partial charge in [0, 0.05) is 32.4 Å². The van der Waals surface area contributed by atoms with Crippen molar-refractivity contribution in [2.45, 2.75) is 91.9 Å². The van der Waals surface area contributed by atoms with Gasteiger partial charge in [-0.2, -0.15) is 0 Å². The Morgan fingerprint density at radius 2 is 1.11 bits per heavy atom. The molecule has 0 aliphatic carbocycles. The number of hydrogen-bond acceptors (Lipinski definition) is 1. The number of aromatic nitrogens is 1. The maximum atomic E-state index is 6.64. The van der Waals surface area contributed by atoms with Gasteiger partial charge in [0.05, 0.1) is 11.2 Å². The molecule has 1 aromatic carbocycles. The third-order valence-corrected chi connectivity index (χ3v) is 5.00. The van der Waals surface area contributed by atoms with Crippen molar-refractivity contribution in [1.82, 2.24) is 0 Å². The van der Waals surface area contributed by atoms with E-state index in [1.54, 1.807) is 0 Å². The summed E-state index contributed by atoms with van der Waals surface area (Å²) >= 11 is 0. The van der Waals surface area contributed by atoms with Crippen LogP contribution in [0.15, 0.2) is 54.9 Å². The van der Waals surface area contributed by atoms with E-state index in [-0.39, 0.29) is 22.2 Å². The maximum absolute atomic E-state index is 6.64.